The Labute approximate surface area is 196 Å². The lowest BCUT2D eigenvalue weighted by molar-refractivity contribution is -0.117. The van der Waals surface area contributed by atoms with Crippen LogP contribution >= 0.6 is 0 Å². The molecule has 1 aromatic heterocycles. The molecule has 0 aliphatic carbocycles. The van der Waals surface area contributed by atoms with Gasteiger partial charge in [0.25, 0.3) is 5.56 Å². The molecule has 0 atom stereocenters. The van der Waals surface area contributed by atoms with Crippen molar-refractivity contribution in [1.29, 1.82) is 0 Å². The summed E-state index contributed by atoms with van der Waals surface area (Å²) in [5.74, 6) is 0.784. The monoisotopic (exact) mass is 447 g/mol. The zero-order valence-electron chi connectivity index (χ0n) is 18.2. The van der Waals surface area contributed by atoms with Crippen molar-refractivity contribution in [2.75, 3.05) is 5.32 Å². The molecule has 0 saturated heterocycles. The molecule has 0 saturated carbocycles. The van der Waals surface area contributed by atoms with Crippen LogP contribution in [0.3, 0.4) is 0 Å². The highest BCUT2D eigenvalue weighted by Gasteiger charge is 2.12. The fraction of sp³-hybridized carbons (Fsp3) is 0.0357. The lowest BCUT2D eigenvalue weighted by atomic mass is 10.1. The van der Waals surface area contributed by atoms with Gasteiger partial charge in [0.1, 0.15) is 12.3 Å². The van der Waals surface area contributed by atoms with Gasteiger partial charge in [-0.3, -0.25) is 9.59 Å². The van der Waals surface area contributed by atoms with Crippen molar-refractivity contribution in [2.45, 2.75) is 6.54 Å². The van der Waals surface area contributed by atoms with Gasteiger partial charge in [-0.1, -0.05) is 66.7 Å². The SMILES string of the molecule is O=C(Cn1nc(-c2ccc3ccccc3c2)ccc1=O)Nc1ccccc1Oc1ccccc1. The normalized spacial score (nSPS) is 10.7. The van der Waals surface area contributed by atoms with Crippen LogP contribution in [-0.2, 0) is 11.3 Å². The van der Waals surface area contributed by atoms with Crippen LogP contribution in [0.25, 0.3) is 22.0 Å². The number of benzene rings is 4. The second kappa shape index (κ2) is 9.42. The highest BCUT2D eigenvalue weighted by Crippen LogP contribution is 2.29. The summed E-state index contributed by atoms with van der Waals surface area (Å²) in [7, 11) is 0. The fourth-order valence-electron chi connectivity index (χ4n) is 3.66. The molecular weight excluding hydrogens is 426 g/mol. The number of anilines is 1. The van der Waals surface area contributed by atoms with Crippen LogP contribution in [0.1, 0.15) is 0 Å². The number of carbonyl (C=O) groups is 1. The van der Waals surface area contributed by atoms with Gasteiger partial charge >= 0.3 is 0 Å². The molecule has 0 fully saturated rings. The molecule has 1 N–H and O–H groups in total. The summed E-state index contributed by atoms with van der Waals surface area (Å²) in [5, 5.41) is 9.46. The van der Waals surface area contributed by atoms with Crippen LogP contribution in [0.15, 0.2) is 114 Å². The maximum atomic E-state index is 12.8. The lowest BCUT2D eigenvalue weighted by Gasteiger charge is -2.13. The van der Waals surface area contributed by atoms with Gasteiger partial charge in [-0.2, -0.15) is 5.10 Å². The van der Waals surface area contributed by atoms with Crippen LogP contribution in [0, 0.1) is 0 Å². The summed E-state index contributed by atoms with van der Waals surface area (Å²) in [4.78, 5) is 25.2. The van der Waals surface area contributed by atoms with Gasteiger partial charge in [0, 0.05) is 11.6 Å². The van der Waals surface area contributed by atoms with Crippen LogP contribution in [0.2, 0.25) is 0 Å². The van der Waals surface area contributed by atoms with Gasteiger partial charge in [0.15, 0.2) is 5.75 Å². The first-order chi connectivity index (χ1) is 16.7. The predicted octanol–water partition coefficient (Wildman–Crippen LogP) is 5.49. The Hall–Kier alpha value is -4.71. The number of hydrogen-bond donors (Lipinski definition) is 1. The number of aromatic nitrogens is 2. The van der Waals surface area contributed by atoms with Crippen LogP contribution in [0.5, 0.6) is 11.5 Å². The molecule has 0 bridgehead atoms. The van der Waals surface area contributed by atoms with Gasteiger partial charge in [-0.15, -0.1) is 0 Å². The highest BCUT2D eigenvalue weighted by atomic mass is 16.5. The molecule has 0 aliphatic rings. The molecule has 6 heteroatoms. The predicted molar refractivity (Wildman–Crippen MR) is 133 cm³/mol. The zero-order valence-corrected chi connectivity index (χ0v) is 18.2. The standard InChI is InChI=1S/C28H21N3O3/c32-27(29-25-12-6-7-13-26(25)34-23-10-2-1-3-11-23)19-31-28(33)17-16-24(30-31)22-15-14-20-8-4-5-9-21(20)18-22/h1-18H,19H2,(H,29,32). The second-order valence-electron chi connectivity index (χ2n) is 7.74. The van der Waals surface area contributed by atoms with Crippen molar-refractivity contribution in [1.82, 2.24) is 9.78 Å². The number of rotatable bonds is 6. The maximum absolute atomic E-state index is 12.8. The van der Waals surface area contributed by atoms with Crippen molar-refractivity contribution in [3.05, 3.63) is 120 Å². The number of amides is 1. The smallest absolute Gasteiger partial charge is 0.267 e. The number of carbonyl (C=O) groups excluding carboxylic acids is 1. The van der Waals surface area contributed by atoms with E-state index in [1.807, 2.05) is 78.9 Å². The molecular formula is C28H21N3O3. The molecule has 5 aromatic rings. The number of nitrogens with zero attached hydrogens (tertiary/aromatic N) is 2. The maximum Gasteiger partial charge on any atom is 0.267 e. The number of hydrogen-bond acceptors (Lipinski definition) is 4. The molecule has 1 amide bonds. The molecule has 1 heterocycles. The molecule has 5 rings (SSSR count). The van der Waals surface area contributed by atoms with E-state index in [0.717, 1.165) is 16.3 Å². The van der Waals surface area contributed by atoms with E-state index in [2.05, 4.69) is 10.4 Å². The van der Waals surface area contributed by atoms with E-state index >= 15 is 0 Å². The summed E-state index contributed by atoms with van der Waals surface area (Å²) < 4.78 is 7.06. The van der Waals surface area contributed by atoms with Crippen LogP contribution in [0.4, 0.5) is 5.69 Å². The molecule has 34 heavy (non-hydrogen) atoms. The van der Waals surface area contributed by atoms with Gasteiger partial charge in [0.2, 0.25) is 5.91 Å². The Morgan fingerprint density at radius 2 is 1.53 bits per heavy atom. The first-order valence-corrected chi connectivity index (χ1v) is 10.8. The van der Waals surface area contributed by atoms with E-state index in [1.54, 1.807) is 24.3 Å². The number of para-hydroxylation sites is 3. The van der Waals surface area contributed by atoms with Crippen molar-refractivity contribution in [2.24, 2.45) is 0 Å². The fourth-order valence-corrected chi connectivity index (χ4v) is 3.66. The third-order valence-corrected chi connectivity index (χ3v) is 5.34. The molecule has 6 nitrogen and oxygen atoms in total. The summed E-state index contributed by atoms with van der Waals surface area (Å²) >= 11 is 0. The van der Waals surface area contributed by atoms with Crippen LogP contribution < -0.4 is 15.6 Å². The van der Waals surface area contributed by atoms with Gasteiger partial charge < -0.3 is 10.1 Å². The molecule has 0 spiro atoms. The molecule has 0 aliphatic heterocycles. The highest BCUT2D eigenvalue weighted by molar-refractivity contribution is 5.92. The van der Waals surface area contributed by atoms with E-state index in [-0.39, 0.29) is 18.0 Å². The number of ether oxygens (including phenoxy) is 1. The van der Waals surface area contributed by atoms with Crippen molar-refractivity contribution in [3.8, 4) is 22.8 Å². The number of fused-ring (bicyclic) bond motifs is 1. The Kier molecular flexibility index (Phi) is 5.86. The van der Waals surface area contributed by atoms with E-state index in [9.17, 15) is 9.59 Å². The van der Waals surface area contributed by atoms with Crippen molar-refractivity contribution in [3.63, 3.8) is 0 Å². The van der Waals surface area contributed by atoms with E-state index in [4.69, 9.17) is 4.74 Å². The van der Waals surface area contributed by atoms with Crippen LogP contribution in [-0.4, -0.2) is 15.7 Å². The second-order valence-corrected chi connectivity index (χ2v) is 7.74. The topological polar surface area (TPSA) is 73.2 Å². The molecule has 0 radical (unpaired) electrons. The minimum absolute atomic E-state index is 0.222. The lowest BCUT2D eigenvalue weighted by Crippen LogP contribution is -2.29. The Balaban J connectivity index is 1.36. The van der Waals surface area contributed by atoms with Gasteiger partial charge in [-0.25, -0.2) is 4.68 Å². The van der Waals surface area contributed by atoms with Crippen molar-refractivity contribution < 1.29 is 9.53 Å². The molecule has 0 unspecified atom stereocenters. The Bertz CT molecular complexity index is 1530. The largest absolute Gasteiger partial charge is 0.455 e. The average Bonchev–Trinajstić information content (AvgIpc) is 2.87. The van der Waals surface area contributed by atoms with Gasteiger partial charge in [0.05, 0.1) is 11.4 Å². The quantitative estimate of drug-likeness (QED) is 0.373. The average molecular weight is 447 g/mol. The third-order valence-electron chi connectivity index (χ3n) is 5.34. The minimum atomic E-state index is -0.380. The third kappa shape index (κ3) is 4.71. The first-order valence-electron chi connectivity index (χ1n) is 10.8. The summed E-state index contributed by atoms with van der Waals surface area (Å²) in [6, 6.07) is 33.6. The van der Waals surface area contributed by atoms with E-state index in [0.29, 0.717) is 22.9 Å². The zero-order chi connectivity index (χ0) is 23.3. The van der Waals surface area contributed by atoms with E-state index in [1.165, 1.54) is 10.7 Å². The summed E-state index contributed by atoms with van der Waals surface area (Å²) in [6.45, 7) is -0.222. The Morgan fingerprint density at radius 3 is 2.38 bits per heavy atom. The first kappa shape index (κ1) is 21.2. The summed E-state index contributed by atoms with van der Waals surface area (Å²) in [6.07, 6.45) is 0. The van der Waals surface area contributed by atoms with Crippen molar-refractivity contribution >= 4 is 22.4 Å². The van der Waals surface area contributed by atoms with E-state index < -0.39 is 0 Å². The molecule has 4 aromatic carbocycles. The molecule has 166 valence electrons. The number of nitrogens with one attached hydrogen (secondary N) is 1. The Morgan fingerprint density at radius 1 is 0.794 bits per heavy atom. The minimum Gasteiger partial charge on any atom is -0.455 e. The summed E-state index contributed by atoms with van der Waals surface area (Å²) in [5.41, 5.74) is 1.64. The van der Waals surface area contributed by atoms with Gasteiger partial charge in [-0.05, 0) is 47.2 Å².